The minimum absolute atomic E-state index is 0.219. The van der Waals surface area contributed by atoms with E-state index >= 15 is 0 Å². The normalized spacial score (nSPS) is 10.2. The van der Waals surface area contributed by atoms with Gasteiger partial charge in [-0.05, 0) is 12.3 Å². The first kappa shape index (κ1) is 12.4. The lowest BCUT2D eigenvalue weighted by molar-refractivity contribution is 0.0593. The van der Waals surface area contributed by atoms with Crippen LogP contribution in [0.5, 0.6) is 0 Å². The summed E-state index contributed by atoms with van der Waals surface area (Å²) >= 11 is 0. The average molecular weight is 223 g/mol. The molecule has 1 aromatic heterocycles. The highest BCUT2D eigenvalue weighted by Gasteiger charge is 2.08. The highest BCUT2D eigenvalue weighted by molar-refractivity contribution is 5.87. The molecule has 0 saturated heterocycles. The van der Waals surface area contributed by atoms with Crippen LogP contribution in [0.3, 0.4) is 0 Å². The number of hydrogen-bond donors (Lipinski definition) is 1. The minimum Gasteiger partial charge on any atom is -0.464 e. The van der Waals surface area contributed by atoms with Gasteiger partial charge in [0.2, 0.25) is 0 Å². The minimum atomic E-state index is -0.472. The zero-order chi connectivity index (χ0) is 12.0. The van der Waals surface area contributed by atoms with Crippen LogP contribution < -0.4 is 5.32 Å². The van der Waals surface area contributed by atoms with Crippen molar-refractivity contribution < 1.29 is 9.53 Å². The van der Waals surface area contributed by atoms with Crippen molar-refractivity contribution in [2.45, 2.75) is 20.3 Å². The number of esters is 1. The molecule has 0 aromatic carbocycles. The summed E-state index contributed by atoms with van der Waals surface area (Å²) in [5.74, 6) is 0.757. The highest BCUT2D eigenvalue weighted by atomic mass is 16.5. The number of nitrogens with one attached hydrogen (secondary N) is 1. The Bertz CT molecular complexity index is 353. The maximum absolute atomic E-state index is 11.2. The molecule has 1 heterocycles. The summed E-state index contributed by atoms with van der Waals surface area (Å²) in [7, 11) is 1.32. The summed E-state index contributed by atoms with van der Waals surface area (Å²) in [6.45, 7) is 5.12. The lowest BCUT2D eigenvalue weighted by Crippen LogP contribution is -2.10. The second-order valence-electron chi connectivity index (χ2n) is 3.89. The number of nitrogens with zero attached hydrogens (tertiary/aromatic N) is 2. The molecule has 0 amide bonds. The second kappa shape index (κ2) is 6.05. The van der Waals surface area contributed by atoms with Gasteiger partial charge in [-0.15, -0.1) is 0 Å². The largest absolute Gasteiger partial charge is 0.464 e. The van der Waals surface area contributed by atoms with Crippen LogP contribution in [0.2, 0.25) is 0 Å². The Kier molecular flexibility index (Phi) is 4.69. The maximum Gasteiger partial charge on any atom is 0.358 e. The van der Waals surface area contributed by atoms with E-state index in [0.29, 0.717) is 11.7 Å². The first-order valence-corrected chi connectivity index (χ1v) is 5.27. The van der Waals surface area contributed by atoms with Crippen LogP contribution >= 0.6 is 0 Å². The number of carbonyl (C=O) groups excluding carboxylic acids is 1. The molecule has 0 saturated carbocycles. The van der Waals surface area contributed by atoms with Crippen molar-refractivity contribution in [2.75, 3.05) is 19.0 Å². The summed E-state index contributed by atoms with van der Waals surface area (Å²) in [5, 5.41) is 3.11. The van der Waals surface area contributed by atoms with Gasteiger partial charge in [-0.25, -0.2) is 9.78 Å². The number of carbonyl (C=O) groups is 1. The molecular formula is C11H17N3O2. The van der Waals surface area contributed by atoms with Crippen molar-refractivity contribution in [1.29, 1.82) is 0 Å². The van der Waals surface area contributed by atoms with Crippen molar-refractivity contribution >= 4 is 11.8 Å². The Hall–Kier alpha value is -1.65. The molecule has 1 rings (SSSR count). The highest BCUT2D eigenvalue weighted by Crippen LogP contribution is 2.05. The molecule has 0 aliphatic rings. The third-order valence-corrected chi connectivity index (χ3v) is 2.06. The van der Waals surface area contributed by atoms with E-state index in [1.54, 1.807) is 6.20 Å². The summed E-state index contributed by atoms with van der Waals surface area (Å²) in [6, 6.07) is 0. The van der Waals surface area contributed by atoms with E-state index in [0.717, 1.165) is 13.0 Å². The fourth-order valence-corrected chi connectivity index (χ4v) is 1.14. The van der Waals surface area contributed by atoms with E-state index in [-0.39, 0.29) is 5.69 Å². The molecular weight excluding hydrogens is 206 g/mol. The predicted octanol–water partition coefficient (Wildman–Crippen LogP) is 1.72. The molecule has 0 fully saturated rings. The quantitative estimate of drug-likeness (QED) is 0.770. The van der Waals surface area contributed by atoms with Crippen LogP contribution in [-0.2, 0) is 4.74 Å². The van der Waals surface area contributed by atoms with Gasteiger partial charge in [0.1, 0.15) is 5.82 Å². The van der Waals surface area contributed by atoms with Gasteiger partial charge < -0.3 is 10.1 Å². The molecule has 16 heavy (non-hydrogen) atoms. The second-order valence-corrected chi connectivity index (χ2v) is 3.89. The molecule has 0 atom stereocenters. The number of aromatic nitrogens is 2. The third-order valence-electron chi connectivity index (χ3n) is 2.06. The standard InChI is InChI=1S/C11H17N3O2/c1-8(2)4-5-13-10-7-12-6-9(14-10)11(15)16-3/h6-8H,4-5H2,1-3H3,(H,13,14). The van der Waals surface area contributed by atoms with E-state index in [2.05, 4.69) is 33.9 Å². The van der Waals surface area contributed by atoms with Gasteiger partial charge in [0, 0.05) is 6.54 Å². The Labute approximate surface area is 95.3 Å². The van der Waals surface area contributed by atoms with Gasteiger partial charge in [-0.2, -0.15) is 0 Å². The van der Waals surface area contributed by atoms with Gasteiger partial charge in [-0.1, -0.05) is 13.8 Å². The van der Waals surface area contributed by atoms with Crippen molar-refractivity contribution in [3.63, 3.8) is 0 Å². The molecule has 88 valence electrons. The number of rotatable bonds is 5. The maximum atomic E-state index is 11.2. The molecule has 0 radical (unpaired) electrons. The Balaban J connectivity index is 2.57. The number of hydrogen-bond acceptors (Lipinski definition) is 5. The molecule has 0 aliphatic heterocycles. The molecule has 1 N–H and O–H groups in total. The van der Waals surface area contributed by atoms with Gasteiger partial charge in [0.25, 0.3) is 0 Å². The molecule has 0 unspecified atom stereocenters. The van der Waals surface area contributed by atoms with Crippen molar-refractivity contribution in [2.24, 2.45) is 5.92 Å². The zero-order valence-electron chi connectivity index (χ0n) is 9.86. The Morgan fingerprint density at radius 3 is 2.88 bits per heavy atom. The molecule has 0 bridgehead atoms. The molecule has 1 aromatic rings. The van der Waals surface area contributed by atoms with Gasteiger partial charge in [0.05, 0.1) is 19.5 Å². The Morgan fingerprint density at radius 1 is 1.50 bits per heavy atom. The first-order valence-electron chi connectivity index (χ1n) is 5.27. The monoisotopic (exact) mass is 223 g/mol. The van der Waals surface area contributed by atoms with Crippen molar-refractivity contribution in [1.82, 2.24) is 9.97 Å². The molecule has 0 aliphatic carbocycles. The van der Waals surface area contributed by atoms with E-state index in [1.807, 2.05) is 0 Å². The van der Waals surface area contributed by atoms with Crippen molar-refractivity contribution in [3.05, 3.63) is 18.1 Å². The SMILES string of the molecule is COC(=O)c1cncc(NCCC(C)C)n1. The number of anilines is 1. The fourth-order valence-electron chi connectivity index (χ4n) is 1.14. The topological polar surface area (TPSA) is 64.1 Å². The predicted molar refractivity (Wildman–Crippen MR) is 61.3 cm³/mol. The van der Waals surface area contributed by atoms with E-state index in [9.17, 15) is 4.79 Å². The van der Waals surface area contributed by atoms with Crippen LogP contribution in [0.25, 0.3) is 0 Å². The zero-order valence-corrected chi connectivity index (χ0v) is 9.86. The average Bonchev–Trinajstić information content (AvgIpc) is 2.28. The lowest BCUT2D eigenvalue weighted by atomic mass is 10.1. The van der Waals surface area contributed by atoms with E-state index in [1.165, 1.54) is 13.3 Å². The third kappa shape index (κ3) is 3.84. The fraction of sp³-hybridized carbons (Fsp3) is 0.545. The van der Waals surface area contributed by atoms with E-state index in [4.69, 9.17) is 0 Å². The van der Waals surface area contributed by atoms with Gasteiger partial charge in [-0.3, -0.25) is 4.98 Å². The van der Waals surface area contributed by atoms with E-state index < -0.39 is 5.97 Å². The lowest BCUT2D eigenvalue weighted by Gasteiger charge is -2.07. The van der Waals surface area contributed by atoms with Crippen LogP contribution in [0, 0.1) is 5.92 Å². The number of ether oxygens (including phenoxy) is 1. The van der Waals surface area contributed by atoms with Crippen LogP contribution in [0.15, 0.2) is 12.4 Å². The van der Waals surface area contributed by atoms with Crippen LogP contribution in [0.1, 0.15) is 30.8 Å². The molecule has 0 spiro atoms. The first-order chi connectivity index (χ1) is 7.63. The summed E-state index contributed by atoms with van der Waals surface area (Å²) in [4.78, 5) is 19.2. The van der Waals surface area contributed by atoms with Crippen LogP contribution in [-0.4, -0.2) is 29.6 Å². The van der Waals surface area contributed by atoms with Gasteiger partial charge >= 0.3 is 5.97 Å². The smallest absolute Gasteiger partial charge is 0.358 e. The molecule has 5 nitrogen and oxygen atoms in total. The summed E-state index contributed by atoms with van der Waals surface area (Å²) < 4.78 is 4.56. The summed E-state index contributed by atoms with van der Waals surface area (Å²) in [6.07, 6.45) is 4.02. The van der Waals surface area contributed by atoms with Crippen LogP contribution in [0.4, 0.5) is 5.82 Å². The Morgan fingerprint density at radius 2 is 2.25 bits per heavy atom. The summed E-state index contributed by atoms with van der Waals surface area (Å²) in [5.41, 5.74) is 0.219. The number of methoxy groups -OCH3 is 1. The van der Waals surface area contributed by atoms with Crippen molar-refractivity contribution in [3.8, 4) is 0 Å². The van der Waals surface area contributed by atoms with Gasteiger partial charge in [0.15, 0.2) is 5.69 Å². The molecule has 5 heteroatoms.